The molecule has 3 aromatic rings. The standard InChI is InChI=1S/C21H32BNO6S.C17H24BNO3.C9H11NO3.C8H14B.C4H9BrO3S/c1-21(2,14-30(25,26)27)28-18-11-9-15(10-12-18)13-19-20(24)29-22(23-19)16-5-3-6-17(22)8-4-7-16;20-15-9-7-12(8-10-15)11-16-17(21)22-18(19-16)13-3-1-4-14(18)6-2-5-13;10-8(9(12)13)5-6-1-3-7(11)4-2-6;1-3-7-5-2-6-8(4-1)9-7;1-4(2,5)3-9(6,7)8/h9-12,16-17,19H,3-8,13-14,23H2,1-2H3,(H,25,26,27);7-10,13-14,16,20H,1-6,11,19H2;1-4,8,11H,5,10H2,(H,12,13);7-8H,1-6H2;3H2,1-2H3,(H,6,7,8)/t16?,17?,19-,22?;13?,14?,16-,18?;8-;;/m000../s1. The third kappa shape index (κ3) is 19.7. The van der Waals surface area contributed by atoms with E-state index in [1.165, 1.54) is 128 Å². The largest absolute Gasteiger partial charge is 0.634 e. The molecule has 0 saturated carbocycles. The van der Waals surface area contributed by atoms with Crippen molar-refractivity contribution in [1.82, 2.24) is 0 Å². The molecule has 8 aliphatic heterocycles. The summed E-state index contributed by atoms with van der Waals surface area (Å²) in [4.78, 5) is 35.6. The summed E-state index contributed by atoms with van der Waals surface area (Å²) in [6.07, 6.45) is 25.3. The van der Waals surface area contributed by atoms with E-state index in [0.29, 0.717) is 41.9 Å². The van der Waals surface area contributed by atoms with E-state index in [1.807, 2.05) is 24.3 Å². The number of aliphatic carboxylic acids is 1. The first-order valence-corrected chi connectivity index (χ1v) is 34.3. The van der Waals surface area contributed by atoms with Gasteiger partial charge < -0.3 is 45.6 Å². The van der Waals surface area contributed by atoms with Crippen molar-refractivity contribution in [2.24, 2.45) is 5.73 Å². The molecule has 459 valence electrons. The van der Waals surface area contributed by atoms with Crippen molar-refractivity contribution in [2.45, 2.75) is 225 Å². The fraction of sp³-hybridized carbons (Fsp3) is 0.644. The van der Waals surface area contributed by atoms with Gasteiger partial charge in [0.2, 0.25) is 0 Å². The third-order valence-electron chi connectivity index (χ3n) is 18.6. The molecule has 24 heteroatoms. The summed E-state index contributed by atoms with van der Waals surface area (Å²) < 4.78 is 77.4. The molecule has 11 rings (SSSR count). The minimum atomic E-state index is -4.13. The van der Waals surface area contributed by atoms with E-state index >= 15 is 0 Å². The van der Waals surface area contributed by atoms with Gasteiger partial charge in [0, 0.05) is 17.2 Å². The molecule has 11 N–H and O–H groups in total. The fourth-order valence-corrected chi connectivity index (χ4v) is 17.9. The van der Waals surface area contributed by atoms with E-state index in [4.69, 9.17) is 39.1 Å². The zero-order valence-electron chi connectivity index (χ0n) is 48.9. The third-order valence-corrected chi connectivity index (χ3v) is 21.4. The van der Waals surface area contributed by atoms with Gasteiger partial charge in [-0.3, -0.25) is 23.5 Å². The Morgan fingerprint density at radius 2 is 0.952 bits per heavy atom. The first-order valence-electron chi connectivity index (χ1n) is 30.3. The average molecular weight is 1260 g/mol. The van der Waals surface area contributed by atoms with E-state index in [-0.39, 0.29) is 47.7 Å². The Morgan fingerprint density at radius 1 is 0.614 bits per heavy atom. The van der Waals surface area contributed by atoms with Crippen LogP contribution in [0.3, 0.4) is 0 Å². The van der Waals surface area contributed by atoms with Crippen LogP contribution in [0.1, 0.15) is 160 Å². The number of carbonyl (C=O) groups is 3. The molecule has 8 heterocycles. The van der Waals surface area contributed by atoms with E-state index in [2.05, 4.69) is 33.7 Å². The number of carboxylic acids is 1. The van der Waals surface area contributed by atoms with Gasteiger partial charge >= 0.3 is 30.9 Å². The molecular weight excluding hydrogens is 1170 g/mol. The highest BCUT2D eigenvalue weighted by Gasteiger charge is 2.60. The Morgan fingerprint density at radius 3 is 1.27 bits per heavy atom. The van der Waals surface area contributed by atoms with Gasteiger partial charge in [-0.05, 0) is 87.2 Å². The Labute approximate surface area is 501 Å². The molecule has 1 radical (unpaired) electrons. The van der Waals surface area contributed by atoms with Crippen molar-refractivity contribution in [3.8, 4) is 17.2 Å². The highest BCUT2D eigenvalue weighted by molar-refractivity contribution is 9.10. The number of phenols is 2. The van der Waals surface area contributed by atoms with Gasteiger partial charge in [0.1, 0.15) is 54.0 Å². The molecule has 2 spiro atoms. The van der Waals surface area contributed by atoms with Gasteiger partial charge in [0.15, 0.2) is 0 Å². The lowest BCUT2D eigenvalue weighted by atomic mass is 9.28. The van der Waals surface area contributed by atoms with Crippen LogP contribution >= 0.6 is 15.9 Å². The topological polar surface area (TPSA) is 308 Å². The zero-order chi connectivity index (χ0) is 60.4. The first kappa shape index (κ1) is 66.4. The predicted octanol–water partition coefficient (Wildman–Crippen LogP) is 8.32. The Bertz CT molecular complexity index is 2800. The molecule has 8 fully saturated rings. The van der Waals surface area contributed by atoms with Crippen molar-refractivity contribution in [1.29, 1.82) is 0 Å². The summed E-state index contributed by atoms with van der Waals surface area (Å²) in [7, 11) is -5.34. The van der Waals surface area contributed by atoms with Crippen molar-refractivity contribution in [3.05, 3.63) is 89.5 Å². The molecule has 8 saturated heterocycles. The van der Waals surface area contributed by atoms with Gasteiger partial charge in [-0.1, -0.05) is 203 Å². The number of alkyl halides is 1. The molecule has 8 aliphatic rings. The van der Waals surface area contributed by atoms with Crippen molar-refractivity contribution < 1.29 is 80.1 Å². The fourth-order valence-electron chi connectivity index (χ4n) is 15.2. The minimum absolute atomic E-state index is 0.0214. The smallest absolute Gasteiger partial charge is 0.389 e. The molecule has 6 bridgehead atoms. The van der Waals surface area contributed by atoms with E-state index in [1.54, 1.807) is 64.1 Å². The highest BCUT2D eigenvalue weighted by Crippen LogP contribution is 2.53. The number of fused-ring (bicyclic) bond motifs is 2. The Hall–Kier alpha value is -4.16. The van der Waals surface area contributed by atoms with Crippen LogP contribution in [0.5, 0.6) is 17.2 Å². The van der Waals surface area contributed by atoms with Crippen molar-refractivity contribution in [3.63, 3.8) is 0 Å². The second-order valence-electron chi connectivity index (χ2n) is 26.3. The van der Waals surface area contributed by atoms with E-state index < -0.39 is 60.9 Å². The summed E-state index contributed by atoms with van der Waals surface area (Å²) in [5.74, 6) is 3.39. The Kier molecular flexibility index (Phi) is 22.8. The van der Waals surface area contributed by atoms with E-state index in [9.17, 15) is 36.3 Å². The number of hydrogen-bond acceptors (Lipinski definition) is 13. The predicted molar refractivity (Wildman–Crippen MR) is 326 cm³/mol. The van der Waals surface area contributed by atoms with Crippen LogP contribution < -0.4 is 20.9 Å². The maximum absolute atomic E-state index is 12.7. The highest BCUT2D eigenvalue weighted by atomic mass is 79.9. The van der Waals surface area contributed by atoms with Crippen LogP contribution in [0.25, 0.3) is 0 Å². The van der Waals surface area contributed by atoms with Gasteiger partial charge in [-0.15, -0.1) is 0 Å². The number of benzene rings is 3. The number of quaternary nitrogens is 2. The summed E-state index contributed by atoms with van der Waals surface area (Å²) in [6, 6.07) is 19.6. The summed E-state index contributed by atoms with van der Waals surface area (Å²) in [6.45, 7) is 4.39. The van der Waals surface area contributed by atoms with Gasteiger partial charge in [0.05, 0.1) is 5.75 Å². The zero-order valence-corrected chi connectivity index (χ0v) is 52.1. The number of phenolic OH excluding ortho intramolecular Hbond substituents is 2. The molecule has 0 aliphatic carbocycles. The number of halogens is 1. The van der Waals surface area contributed by atoms with Crippen LogP contribution in [0.4, 0.5) is 0 Å². The molecule has 0 aromatic heterocycles. The molecule has 0 amide bonds. The minimum Gasteiger partial charge on any atom is -0.634 e. The van der Waals surface area contributed by atoms with Crippen LogP contribution in [0.2, 0.25) is 34.9 Å². The quantitative estimate of drug-likeness (QED) is 0.0453. The second kappa shape index (κ2) is 28.6. The normalized spacial score (nSPS) is 29.3. The van der Waals surface area contributed by atoms with Crippen LogP contribution in [0.15, 0.2) is 72.8 Å². The van der Waals surface area contributed by atoms with E-state index in [0.717, 1.165) is 28.3 Å². The van der Waals surface area contributed by atoms with Gasteiger partial charge in [-0.2, -0.15) is 16.8 Å². The molecule has 0 unspecified atom stereocenters. The van der Waals surface area contributed by atoms with Crippen molar-refractivity contribution >= 4 is 74.3 Å². The number of hydrogen-bond donors (Lipinski definition) is 8. The maximum atomic E-state index is 12.7. The number of ether oxygens (including phenoxy) is 1. The molecular formula is C59H90B3BrN3O15S2. The number of nitrogens with two attached hydrogens (primary N) is 3. The number of carboxylic acid groups (broad SMARTS) is 1. The second-order valence-corrected chi connectivity index (χ2v) is 31.4. The SMILES string of the molecule is CC(C)(Br)CS(=O)(=O)O.CC(C)(CS(=O)(=O)O)Oc1ccc(C[C@@H]2[NH2+][B-]3(OC2=O)C2CCCC3CCC2)cc1.N[C@@H](Cc1ccc(O)cc1)C(=O)O.O=C1O[B-]2([NH2+][C@H]1Cc1ccc(O)cc1)C1CCCC2CCC1.[B]1C2CCCC1CCC2. The summed E-state index contributed by atoms with van der Waals surface area (Å²) >= 11 is 3.08. The molecule has 3 atom stereocenters. The Balaban J connectivity index is 0.000000163. The number of carbonyl (C=O) groups excluding carboxylic acids is 2. The monoisotopic (exact) mass is 1260 g/mol. The summed E-state index contributed by atoms with van der Waals surface area (Å²) in [5, 5.41) is 31.4. The first-order chi connectivity index (χ1) is 39.0. The van der Waals surface area contributed by atoms with Crippen LogP contribution in [-0.2, 0) is 63.2 Å². The van der Waals surface area contributed by atoms with Crippen LogP contribution in [-0.4, -0.2) is 119 Å². The van der Waals surface area contributed by atoms with Crippen molar-refractivity contribution in [2.75, 3.05) is 11.5 Å². The lowest BCUT2D eigenvalue weighted by Crippen LogP contribution is -3.04. The van der Waals surface area contributed by atoms with Crippen LogP contribution in [0, 0.1) is 0 Å². The molecule has 3 aromatic carbocycles. The number of rotatable bonds is 13. The summed E-state index contributed by atoms with van der Waals surface area (Å²) in [5.41, 5.74) is 7.18. The van der Waals surface area contributed by atoms with Gasteiger partial charge in [-0.25, -0.2) is 0 Å². The average Bonchev–Trinajstić information content (AvgIpc) is 2.92. The number of aromatic hydroxyl groups is 2. The lowest BCUT2D eigenvalue weighted by molar-refractivity contribution is -0.559. The maximum Gasteiger partial charge on any atom is 0.389 e. The van der Waals surface area contributed by atoms with Gasteiger partial charge in [0.25, 0.3) is 20.2 Å². The molecule has 18 nitrogen and oxygen atoms in total. The molecule has 83 heavy (non-hydrogen) atoms. The lowest BCUT2D eigenvalue weighted by Gasteiger charge is -2.50.